The summed E-state index contributed by atoms with van der Waals surface area (Å²) in [4.78, 5) is 18.4. The molecule has 4 aromatic rings. The number of nitrogens with one attached hydrogen (secondary N) is 1. The van der Waals surface area contributed by atoms with Crippen LogP contribution in [0.15, 0.2) is 90.1 Å². The van der Waals surface area contributed by atoms with Crippen molar-refractivity contribution in [2.24, 2.45) is 0 Å². The maximum Gasteiger partial charge on any atom is 0.209 e. The van der Waals surface area contributed by atoms with Gasteiger partial charge in [0, 0.05) is 20.4 Å². The van der Waals surface area contributed by atoms with Crippen LogP contribution in [-0.2, 0) is 0 Å². The number of aromatic nitrogens is 2. The molecule has 1 N–H and O–H groups in total. The van der Waals surface area contributed by atoms with Crippen LogP contribution in [0.4, 0.5) is 5.95 Å². The zero-order valence-electron chi connectivity index (χ0n) is 15.8. The Morgan fingerprint density at radius 2 is 1.76 bits per heavy atom. The molecule has 5 heteroatoms. The molecule has 0 radical (unpaired) electrons. The minimum absolute atomic E-state index is 0.0305. The molecule has 5 rings (SSSR count). The van der Waals surface area contributed by atoms with Crippen LogP contribution in [0.25, 0.3) is 11.0 Å². The summed E-state index contributed by atoms with van der Waals surface area (Å²) >= 11 is 2.32. The Morgan fingerprint density at radius 3 is 2.55 bits per heavy atom. The maximum absolute atomic E-state index is 13.6. The normalized spacial score (nSPS) is 15.9. The first-order chi connectivity index (χ1) is 14.1. The van der Waals surface area contributed by atoms with Gasteiger partial charge < -0.3 is 5.32 Å². The summed E-state index contributed by atoms with van der Waals surface area (Å²) in [6.45, 7) is 1.96. The second-order valence-corrected chi connectivity index (χ2v) is 8.36. The van der Waals surface area contributed by atoms with E-state index in [0.717, 1.165) is 37.4 Å². The fourth-order valence-corrected chi connectivity index (χ4v) is 4.56. The Morgan fingerprint density at radius 1 is 1.00 bits per heavy atom. The largest absolute Gasteiger partial charge is 0.329 e. The minimum atomic E-state index is -0.249. The molecule has 1 atom stereocenters. The third kappa shape index (κ3) is 3.06. The number of para-hydroxylation sites is 2. The van der Waals surface area contributed by atoms with Crippen molar-refractivity contribution in [2.75, 3.05) is 5.32 Å². The molecule has 0 saturated carbocycles. The van der Waals surface area contributed by atoms with Gasteiger partial charge in [-0.1, -0.05) is 54.6 Å². The highest BCUT2D eigenvalue weighted by molar-refractivity contribution is 14.1. The third-order valence-electron chi connectivity index (χ3n) is 5.28. The van der Waals surface area contributed by atoms with Crippen LogP contribution in [0.1, 0.15) is 28.9 Å². The molecule has 0 spiro atoms. The van der Waals surface area contributed by atoms with Gasteiger partial charge in [0.05, 0.1) is 17.1 Å². The Labute approximate surface area is 182 Å². The van der Waals surface area contributed by atoms with Gasteiger partial charge in [0.15, 0.2) is 5.78 Å². The summed E-state index contributed by atoms with van der Waals surface area (Å²) in [5.41, 5.74) is 5.25. The fraction of sp³-hybridized carbons (Fsp3) is 0.0833. The van der Waals surface area contributed by atoms with Crippen LogP contribution in [0.2, 0.25) is 0 Å². The summed E-state index contributed by atoms with van der Waals surface area (Å²) in [5.74, 6) is 0.792. The van der Waals surface area contributed by atoms with Gasteiger partial charge in [0.25, 0.3) is 0 Å². The van der Waals surface area contributed by atoms with Crippen LogP contribution >= 0.6 is 22.6 Å². The lowest BCUT2D eigenvalue weighted by Crippen LogP contribution is -2.28. The zero-order chi connectivity index (χ0) is 20.0. The van der Waals surface area contributed by atoms with E-state index in [9.17, 15) is 4.79 Å². The van der Waals surface area contributed by atoms with Crippen LogP contribution < -0.4 is 5.32 Å². The number of benzene rings is 3. The molecule has 4 nitrogen and oxygen atoms in total. The van der Waals surface area contributed by atoms with Gasteiger partial charge in [0.1, 0.15) is 0 Å². The predicted molar refractivity (Wildman–Crippen MR) is 124 cm³/mol. The van der Waals surface area contributed by atoms with Crippen LogP contribution in [0.3, 0.4) is 0 Å². The van der Waals surface area contributed by atoms with Gasteiger partial charge in [-0.05, 0) is 59.3 Å². The summed E-state index contributed by atoms with van der Waals surface area (Å²) < 4.78 is 3.28. The third-order valence-corrected chi connectivity index (χ3v) is 5.95. The van der Waals surface area contributed by atoms with E-state index in [1.54, 1.807) is 0 Å². The number of anilines is 1. The summed E-state index contributed by atoms with van der Waals surface area (Å²) in [7, 11) is 0. The van der Waals surface area contributed by atoms with Gasteiger partial charge >= 0.3 is 0 Å². The highest BCUT2D eigenvalue weighted by Gasteiger charge is 2.34. The lowest BCUT2D eigenvalue weighted by molar-refractivity contribution is 0.102. The van der Waals surface area contributed by atoms with Gasteiger partial charge in [-0.2, -0.15) is 0 Å². The van der Waals surface area contributed by atoms with Crippen molar-refractivity contribution in [3.05, 3.63) is 105 Å². The molecule has 0 fully saturated rings. The van der Waals surface area contributed by atoms with E-state index in [0.29, 0.717) is 5.56 Å². The van der Waals surface area contributed by atoms with Gasteiger partial charge in [0.2, 0.25) is 5.95 Å². The Hall–Kier alpha value is -2.93. The average Bonchev–Trinajstić information content (AvgIpc) is 3.10. The first-order valence-corrected chi connectivity index (χ1v) is 10.5. The van der Waals surface area contributed by atoms with Crippen LogP contribution in [0, 0.1) is 3.57 Å². The average molecular weight is 491 g/mol. The first-order valence-electron chi connectivity index (χ1n) is 9.43. The van der Waals surface area contributed by atoms with Crippen molar-refractivity contribution < 1.29 is 4.79 Å². The quantitative estimate of drug-likeness (QED) is 0.291. The SMILES string of the molecule is CC1=C(C(=O)c2ccccc2)[C@@H](c2cccc(I)c2)n2c(nc3ccccc32)N1. The van der Waals surface area contributed by atoms with Crippen LogP contribution in [-0.4, -0.2) is 15.3 Å². The van der Waals surface area contributed by atoms with E-state index >= 15 is 0 Å². The molecule has 142 valence electrons. The number of carbonyl (C=O) groups excluding carboxylic acids is 1. The van der Waals surface area contributed by atoms with E-state index in [1.165, 1.54) is 0 Å². The molecule has 0 unspecified atom stereocenters. The van der Waals surface area contributed by atoms with E-state index < -0.39 is 0 Å². The number of fused-ring (bicyclic) bond motifs is 3. The molecule has 0 amide bonds. The van der Waals surface area contributed by atoms with Crippen LogP contribution in [0.5, 0.6) is 0 Å². The van der Waals surface area contributed by atoms with Crippen molar-refractivity contribution >= 4 is 45.4 Å². The lowest BCUT2D eigenvalue weighted by atomic mass is 9.89. The number of allylic oxidation sites excluding steroid dienone is 2. The number of hydrogen-bond donors (Lipinski definition) is 1. The Kier molecular flexibility index (Phi) is 4.47. The number of carbonyl (C=O) groups is 1. The zero-order valence-corrected chi connectivity index (χ0v) is 17.9. The smallest absolute Gasteiger partial charge is 0.209 e. The molecule has 29 heavy (non-hydrogen) atoms. The summed E-state index contributed by atoms with van der Waals surface area (Å²) in [6, 6.07) is 25.6. The van der Waals surface area contributed by atoms with Gasteiger partial charge in [-0.3, -0.25) is 9.36 Å². The van der Waals surface area contributed by atoms with Crippen molar-refractivity contribution in [3.63, 3.8) is 0 Å². The lowest BCUT2D eigenvalue weighted by Gasteiger charge is -2.31. The predicted octanol–water partition coefficient (Wildman–Crippen LogP) is 5.81. The number of halogens is 1. The van der Waals surface area contributed by atoms with Crippen molar-refractivity contribution in [2.45, 2.75) is 13.0 Å². The molecule has 2 heterocycles. The van der Waals surface area contributed by atoms with E-state index in [1.807, 2.05) is 61.5 Å². The molecule has 0 saturated heterocycles. The summed E-state index contributed by atoms with van der Waals surface area (Å²) in [6.07, 6.45) is 0. The topological polar surface area (TPSA) is 46.9 Å². The highest BCUT2D eigenvalue weighted by Crippen LogP contribution is 2.40. The van der Waals surface area contributed by atoms with Gasteiger partial charge in [-0.25, -0.2) is 4.98 Å². The highest BCUT2D eigenvalue weighted by atomic mass is 127. The molecule has 1 aliphatic rings. The number of hydrogen-bond acceptors (Lipinski definition) is 3. The molecule has 3 aromatic carbocycles. The number of Topliss-reactive ketones (excluding diaryl/α,β-unsaturated/α-hetero) is 1. The molecular weight excluding hydrogens is 473 g/mol. The molecule has 1 aromatic heterocycles. The van der Waals surface area contributed by atoms with E-state index in [2.05, 4.69) is 56.7 Å². The Bertz CT molecular complexity index is 1270. The standard InChI is InChI=1S/C24H18IN3O/c1-15-21(23(29)16-8-3-2-4-9-16)22(17-10-7-11-18(25)14-17)28-20-13-6-5-12-19(20)27-24(28)26-15/h2-14,22H,1H3,(H,26,27)/t22-/m1/s1. The van der Waals surface area contributed by atoms with E-state index in [4.69, 9.17) is 4.98 Å². The molecule has 1 aliphatic heterocycles. The Balaban J connectivity index is 1.78. The number of rotatable bonds is 3. The van der Waals surface area contributed by atoms with Crippen molar-refractivity contribution in [3.8, 4) is 0 Å². The van der Waals surface area contributed by atoms with Gasteiger partial charge in [-0.15, -0.1) is 0 Å². The van der Waals surface area contributed by atoms with E-state index in [-0.39, 0.29) is 11.8 Å². The minimum Gasteiger partial charge on any atom is -0.329 e. The monoisotopic (exact) mass is 491 g/mol. The number of imidazole rings is 1. The fourth-order valence-electron chi connectivity index (χ4n) is 4.00. The van der Waals surface area contributed by atoms with Crippen molar-refractivity contribution in [1.82, 2.24) is 9.55 Å². The molecular formula is C24H18IN3O. The number of ketones is 1. The number of nitrogens with zero attached hydrogens (tertiary/aromatic N) is 2. The molecule has 0 aliphatic carbocycles. The summed E-state index contributed by atoms with van der Waals surface area (Å²) in [5, 5.41) is 3.37. The first kappa shape index (κ1) is 18.1. The maximum atomic E-state index is 13.6. The molecule has 0 bridgehead atoms. The second kappa shape index (κ2) is 7.15. The second-order valence-electron chi connectivity index (χ2n) is 7.11. The van der Waals surface area contributed by atoms with Crippen molar-refractivity contribution in [1.29, 1.82) is 0 Å².